The number of rotatable bonds is 10. The molecule has 0 unspecified atom stereocenters. The summed E-state index contributed by atoms with van der Waals surface area (Å²) in [6.07, 6.45) is 4.19. The van der Waals surface area contributed by atoms with Crippen molar-refractivity contribution in [2.45, 2.75) is 46.5 Å². The Morgan fingerprint density at radius 1 is 1.00 bits per heavy atom. The Balaban J connectivity index is 2.68. The maximum absolute atomic E-state index is 5.78. The maximum Gasteiger partial charge on any atom is 0.170 e. The third kappa shape index (κ3) is 6.98. The smallest absolute Gasteiger partial charge is 0.170 e. The standard InChI is InChI=1S/C17H28N2O2S/c1-4-7-10-18-17(22)19-14-8-9-15(20-11-5-2)16(13-14)21-12-6-3/h8-9,13H,4-7,10-12H2,1-3H3,(H2,18,19,22). The third-order valence-electron chi connectivity index (χ3n) is 2.94. The largest absolute Gasteiger partial charge is 0.490 e. The topological polar surface area (TPSA) is 42.5 Å². The Morgan fingerprint density at radius 2 is 1.68 bits per heavy atom. The van der Waals surface area contributed by atoms with Crippen molar-refractivity contribution in [1.82, 2.24) is 5.32 Å². The minimum Gasteiger partial charge on any atom is -0.490 e. The van der Waals surface area contributed by atoms with Gasteiger partial charge in [0, 0.05) is 18.3 Å². The predicted octanol–water partition coefficient (Wildman–Crippen LogP) is 4.35. The highest BCUT2D eigenvalue weighted by Gasteiger charge is 2.07. The van der Waals surface area contributed by atoms with Gasteiger partial charge in [0.05, 0.1) is 13.2 Å². The first-order valence-corrected chi connectivity index (χ1v) is 8.56. The molecule has 0 aromatic heterocycles. The Morgan fingerprint density at radius 3 is 2.32 bits per heavy atom. The van der Waals surface area contributed by atoms with Crippen LogP contribution in [0.15, 0.2) is 18.2 Å². The van der Waals surface area contributed by atoms with E-state index in [0.29, 0.717) is 18.3 Å². The highest BCUT2D eigenvalue weighted by atomic mass is 32.1. The number of benzene rings is 1. The van der Waals surface area contributed by atoms with Crippen LogP contribution in [-0.4, -0.2) is 24.9 Å². The van der Waals surface area contributed by atoms with Gasteiger partial charge < -0.3 is 20.1 Å². The van der Waals surface area contributed by atoms with Crippen LogP contribution < -0.4 is 20.1 Å². The molecule has 0 aliphatic rings. The number of hydrogen-bond acceptors (Lipinski definition) is 3. The SMILES string of the molecule is CCCCNC(=S)Nc1ccc(OCCC)c(OCCC)c1. The fourth-order valence-electron chi connectivity index (χ4n) is 1.80. The molecule has 2 N–H and O–H groups in total. The van der Waals surface area contributed by atoms with E-state index in [1.807, 2.05) is 18.2 Å². The average molecular weight is 324 g/mol. The van der Waals surface area contributed by atoms with Crippen LogP contribution in [0, 0.1) is 0 Å². The van der Waals surface area contributed by atoms with E-state index in [9.17, 15) is 0 Å². The van der Waals surface area contributed by atoms with Gasteiger partial charge in [0.2, 0.25) is 0 Å². The van der Waals surface area contributed by atoms with E-state index in [2.05, 4.69) is 31.4 Å². The predicted molar refractivity (Wildman–Crippen MR) is 97.1 cm³/mol. The number of nitrogens with one attached hydrogen (secondary N) is 2. The molecular formula is C17H28N2O2S. The van der Waals surface area contributed by atoms with Gasteiger partial charge in [-0.25, -0.2) is 0 Å². The van der Waals surface area contributed by atoms with E-state index >= 15 is 0 Å². The molecule has 0 heterocycles. The third-order valence-corrected chi connectivity index (χ3v) is 3.19. The second-order valence-corrected chi connectivity index (χ2v) is 5.50. The first-order chi connectivity index (χ1) is 10.7. The van der Waals surface area contributed by atoms with E-state index in [1.54, 1.807) is 0 Å². The van der Waals surface area contributed by atoms with Crippen LogP contribution in [-0.2, 0) is 0 Å². The molecule has 1 aromatic rings. The summed E-state index contributed by atoms with van der Waals surface area (Å²) >= 11 is 5.29. The molecule has 0 aliphatic carbocycles. The first kappa shape index (κ1) is 18.6. The molecule has 0 saturated heterocycles. The van der Waals surface area contributed by atoms with Crippen molar-refractivity contribution in [3.05, 3.63) is 18.2 Å². The second kappa shape index (κ2) is 11.1. The van der Waals surface area contributed by atoms with Crippen LogP contribution >= 0.6 is 12.2 Å². The molecule has 22 heavy (non-hydrogen) atoms. The number of thiocarbonyl (C=S) groups is 1. The fourth-order valence-corrected chi connectivity index (χ4v) is 2.02. The fraction of sp³-hybridized carbons (Fsp3) is 0.588. The van der Waals surface area contributed by atoms with Crippen LogP contribution in [0.3, 0.4) is 0 Å². The molecule has 0 amide bonds. The molecule has 124 valence electrons. The van der Waals surface area contributed by atoms with Crippen molar-refractivity contribution in [3.8, 4) is 11.5 Å². The van der Waals surface area contributed by atoms with E-state index < -0.39 is 0 Å². The minimum absolute atomic E-state index is 0.636. The molecule has 4 nitrogen and oxygen atoms in total. The van der Waals surface area contributed by atoms with Gasteiger partial charge in [-0.05, 0) is 43.6 Å². The highest BCUT2D eigenvalue weighted by molar-refractivity contribution is 7.80. The zero-order chi connectivity index (χ0) is 16.2. The molecule has 0 radical (unpaired) electrons. The van der Waals surface area contributed by atoms with Crippen LogP contribution in [0.1, 0.15) is 46.5 Å². The molecule has 0 aliphatic heterocycles. The molecule has 0 bridgehead atoms. The number of hydrogen-bond donors (Lipinski definition) is 2. The van der Waals surface area contributed by atoms with Crippen molar-refractivity contribution in [1.29, 1.82) is 0 Å². The molecular weight excluding hydrogens is 296 g/mol. The van der Waals surface area contributed by atoms with E-state index in [1.165, 1.54) is 0 Å². The second-order valence-electron chi connectivity index (χ2n) is 5.09. The average Bonchev–Trinajstić information content (AvgIpc) is 2.52. The van der Waals surface area contributed by atoms with Gasteiger partial charge in [-0.3, -0.25) is 0 Å². The van der Waals surface area contributed by atoms with Crippen molar-refractivity contribution in [2.75, 3.05) is 25.1 Å². The zero-order valence-electron chi connectivity index (χ0n) is 13.9. The number of anilines is 1. The number of unbranched alkanes of at least 4 members (excludes halogenated alkanes) is 1. The number of ether oxygens (including phenoxy) is 2. The maximum atomic E-state index is 5.78. The lowest BCUT2D eigenvalue weighted by Gasteiger charge is -2.15. The highest BCUT2D eigenvalue weighted by Crippen LogP contribution is 2.30. The van der Waals surface area contributed by atoms with Gasteiger partial charge in [-0.1, -0.05) is 27.2 Å². The van der Waals surface area contributed by atoms with E-state index in [4.69, 9.17) is 21.7 Å². The lowest BCUT2D eigenvalue weighted by molar-refractivity contribution is 0.268. The first-order valence-electron chi connectivity index (χ1n) is 8.15. The summed E-state index contributed by atoms with van der Waals surface area (Å²) in [6, 6.07) is 5.82. The Kier molecular flexibility index (Phi) is 9.39. The Bertz CT molecular complexity index is 452. The summed E-state index contributed by atoms with van der Waals surface area (Å²) in [4.78, 5) is 0. The van der Waals surface area contributed by atoms with Crippen molar-refractivity contribution in [2.24, 2.45) is 0 Å². The lowest BCUT2D eigenvalue weighted by atomic mass is 10.2. The van der Waals surface area contributed by atoms with Crippen LogP contribution in [0.5, 0.6) is 11.5 Å². The molecule has 1 aromatic carbocycles. The summed E-state index contributed by atoms with van der Waals surface area (Å²) in [5, 5.41) is 7.01. The zero-order valence-corrected chi connectivity index (χ0v) is 14.7. The van der Waals surface area contributed by atoms with Gasteiger partial charge in [-0.2, -0.15) is 0 Å². The Labute approximate surface area is 139 Å². The van der Waals surface area contributed by atoms with Gasteiger partial charge in [0.1, 0.15) is 0 Å². The van der Waals surface area contributed by atoms with Crippen molar-refractivity contribution < 1.29 is 9.47 Å². The quantitative estimate of drug-likeness (QED) is 0.495. The van der Waals surface area contributed by atoms with Gasteiger partial charge >= 0.3 is 0 Å². The summed E-state index contributed by atoms with van der Waals surface area (Å²) in [7, 11) is 0. The molecule has 0 fully saturated rings. The van der Waals surface area contributed by atoms with Gasteiger partial charge in [0.15, 0.2) is 16.6 Å². The van der Waals surface area contributed by atoms with E-state index in [0.717, 1.165) is 49.4 Å². The molecule has 1 rings (SSSR count). The summed E-state index contributed by atoms with van der Waals surface area (Å²) < 4.78 is 11.5. The molecule has 0 spiro atoms. The Hall–Kier alpha value is -1.49. The monoisotopic (exact) mass is 324 g/mol. The summed E-state index contributed by atoms with van der Waals surface area (Å²) in [5.41, 5.74) is 0.906. The van der Waals surface area contributed by atoms with Crippen molar-refractivity contribution >= 4 is 23.0 Å². The minimum atomic E-state index is 0.636. The van der Waals surface area contributed by atoms with Gasteiger partial charge in [0.25, 0.3) is 0 Å². The molecule has 0 saturated carbocycles. The van der Waals surface area contributed by atoms with Crippen molar-refractivity contribution in [3.63, 3.8) is 0 Å². The molecule has 0 atom stereocenters. The van der Waals surface area contributed by atoms with Gasteiger partial charge in [-0.15, -0.1) is 0 Å². The molecule has 5 heteroatoms. The van der Waals surface area contributed by atoms with Crippen LogP contribution in [0.2, 0.25) is 0 Å². The normalized spacial score (nSPS) is 10.1. The summed E-state index contributed by atoms with van der Waals surface area (Å²) in [6.45, 7) is 8.57. The summed E-state index contributed by atoms with van der Waals surface area (Å²) in [5.74, 6) is 1.54. The van der Waals surface area contributed by atoms with E-state index in [-0.39, 0.29) is 0 Å². The van der Waals surface area contributed by atoms with Crippen LogP contribution in [0.4, 0.5) is 5.69 Å². The van der Waals surface area contributed by atoms with Crippen LogP contribution in [0.25, 0.3) is 0 Å². The lowest BCUT2D eigenvalue weighted by Crippen LogP contribution is -2.29.